The molecule has 2 aliphatic heterocycles. The van der Waals surface area contributed by atoms with E-state index in [1.165, 1.54) is 28.8 Å². The molecular formula is C44H51ClN8O6S. The van der Waals surface area contributed by atoms with Crippen LogP contribution in [0.4, 0.5) is 17.1 Å². The molecule has 1 aliphatic carbocycles. The lowest BCUT2D eigenvalue weighted by Gasteiger charge is -2.39. The molecule has 2 saturated heterocycles. The molecule has 0 radical (unpaired) electrons. The lowest BCUT2D eigenvalue weighted by Crippen LogP contribution is -2.47. The summed E-state index contributed by atoms with van der Waals surface area (Å²) in [5.41, 5.74) is 6.60. The Balaban J connectivity index is 0.981. The van der Waals surface area contributed by atoms with Crippen LogP contribution in [0.15, 0.2) is 95.7 Å². The van der Waals surface area contributed by atoms with Crippen molar-refractivity contribution in [1.29, 1.82) is 0 Å². The van der Waals surface area contributed by atoms with Crippen LogP contribution in [-0.2, 0) is 21.3 Å². The Morgan fingerprint density at radius 2 is 1.87 bits per heavy atom. The molecular weight excluding hydrogens is 804 g/mol. The van der Waals surface area contributed by atoms with E-state index in [9.17, 15) is 18.5 Å². The second-order valence-electron chi connectivity index (χ2n) is 16.5. The van der Waals surface area contributed by atoms with E-state index in [2.05, 4.69) is 61.1 Å². The average molecular weight is 855 g/mol. The summed E-state index contributed by atoms with van der Waals surface area (Å²) in [6, 6.07) is 21.7. The number of anilines is 2. The van der Waals surface area contributed by atoms with Gasteiger partial charge in [0.2, 0.25) is 10.0 Å². The molecule has 8 rings (SSSR count). The minimum atomic E-state index is -4.17. The summed E-state index contributed by atoms with van der Waals surface area (Å²) in [4.78, 5) is 23.7. The predicted molar refractivity (Wildman–Crippen MR) is 235 cm³/mol. The van der Waals surface area contributed by atoms with Crippen LogP contribution >= 0.6 is 11.6 Å². The van der Waals surface area contributed by atoms with Crippen LogP contribution in [0.1, 0.15) is 44.2 Å². The first kappa shape index (κ1) is 41.7. The number of nitro benzene ring substituents is 1. The summed E-state index contributed by atoms with van der Waals surface area (Å²) < 4.78 is 42.1. The van der Waals surface area contributed by atoms with E-state index in [1.54, 1.807) is 6.20 Å². The van der Waals surface area contributed by atoms with Crippen LogP contribution in [0.25, 0.3) is 16.6 Å². The van der Waals surface area contributed by atoms with Crippen molar-refractivity contribution in [2.24, 2.45) is 5.41 Å². The molecule has 60 heavy (non-hydrogen) atoms. The molecule has 4 N–H and O–H groups in total. The zero-order valence-corrected chi connectivity index (χ0v) is 35.4. The van der Waals surface area contributed by atoms with E-state index >= 15 is 0 Å². The number of piperazine rings is 1. The van der Waals surface area contributed by atoms with Crippen LogP contribution < -0.4 is 25.0 Å². The van der Waals surface area contributed by atoms with Crippen molar-refractivity contribution < 1.29 is 22.8 Å². The van der Waals surface area contributed by atoms with Crippen molar-refractivity contribution >= 4 is 55.3 Å². The summed E-state index contributed by atoms with van der Waals surface area (Å²) in [5, 5.41) is 19.9. The first-order chi connectivity index (χ1) is 28.9. The summed E-state index contributed by atoms with van der Waals surface area (Å²) in [5.74, 6) is 0.976. The van der Waals surface area contributed by atoms with Gasteiger partial charge in [-0.15, -0.1) is 0 Å². The molecule has 316 valence electrons. The molecule has 2 fully saturated rings. The number of benzene rings is 3. The summed E-state index contributed by atoms with van der Waals surface area (Å²) in [6.45, 7) is 11.2. The van der Waals surface area contributed by atoms with Crippen LogP contribution in [-0.4, -0.2) is 93.3 Å². The Morgan fingerprint density at radius 1 is 1.05 bits per heavy atom. The SMILES string of the molecule is CC1(C)CCC(CN2CCN(c3ccc(CNS(=O)(=O)c4ccc(NCC5CNCCO5)c([N+](=O)[O-])c4)c(Oc4cnc5[nH]ccc5c4)c3)CC2)=C(c2ccc(Cl)cc2)C1. The van der Waals surface area contributed by atoms with Gasteiger partial charge in [0.25, 0.3) is 5.69 Å². The second kappa shape index (κ2) is 17.9. The minimum Gasteiger partial charge on any atom is -0.455 e. The van der Waals surface area contributed by atoms with Crippen LogP contribution in [0.2, 0.25) is 5.02 Å². The zero-order valence-electron chi connectivity index (χ0n) is 33.9. The number of nitrogens with one attached hydrogen (secondary N) is 4. The molecule has 4 heterocycles. The fraction of sp³-hybridized carbons (Fsp3) is 0.386. The molecule has 16 heteroatoms. The molecule has 1 unspecified atom stereocenters. The number of hydrogen-bond acceptors (Lipinski definition) is 11. The van der Waals surface area contributed by atoms with Crippen LogP contribution in [0, 0.1) is 15.5 Å². The normalized spacial score (nSPS) is 18.8. The fourth-order valence-corrected chi connectivity index (χ4v) is 9.34. The van der Waals surface area contributed by atoms with Gasteiger partial charge < -0.3 is 30.0 Å². The van der Waals surface area contributed by atoms with E-state index in [1.807, 2.05) is 48.7 Å². The summed E-state index contributed by atoms with van der Waals surface area (Å²) in [6.07, 6.45) is 6.55. The largest absolute Gasteiger partial charge is 0.455 e. The monoisotopic (exact) mass is 854 g/mol. The smallest absolute Gasteiger partial charge is 0.293 e. The topological polar surface area (TPSA) is 167 Å². The van der Waals surface area contributed by atoms with Gasteiger partial charge >= 0.3 is 0 Å². The minimum absolute atomic E-state index is 0.118. The first-order valence-corrected chi connectivity index (χ1v) is 22.3. The highest BCUT2D eigenvalue weighted by molar-refractivity contribution is 7.89. The number of aromatic amines is 1. The highest BCUT2D eigenvalue weighted by Gasteiger charge is 2.30. The third kappa shape index (κ3) is 9.94. The number of hydrogen-bond donors (Lipinski definition) is 4. The van der Waals surface area contributed by atoms with Crippen molar-refractivity contribution in [1.82, 2.24) is 24.9 Å². The fourth-order valence-electron chi connectivity index (χ4n) is 8.19. The highest BCUT2D eigenvalue weighted by Crippen LogP contribution is 2.43. The molecule has 2 aromatic heterocycles. The second-order valence-corrected chi connectivity index (χ2v) is 18.7. The van der Waals surface area contributed by atoms with Crippen LogP contribution in [0.5, 0.6) is 11.5 Å². The molecule has 5 aromatic rings. The molecule has 0 bridgehead atoms. The number of H-pyrrole nitrogens is 1. The molecule has 3 aliphatic rings. The van der Waals surface area contributed by atoms with Crippen molar-refractivity contribution in [3.05, 3.63) is 117 Å². The maximum absolute atomic E-state index is 13.7. The Hall–Kier alpha value is -5.03. The first-order valence-electron chi connectivity index (χ1n) is 20.4. The number of nitro groups is 1. The summed E-state index contributed by atoms with van der Waals surface area (Å²) in [7, 11) is -4.17. The lowest BCUT2D eigenvalue weighted by atomic mass is 9.72. The van der Waals surface area contributed by atoms with E-state index < -0.39 is 14.9 Å². The number of rotatable bonds is 14. The maximum atomic E-state index is 13.7. The van der Waals surface area contributed by atoms with E-state index in [4.69, 9.17) is 21.1 Å². The highest BCUT2D eigenvalue weighted by atomic mass is 35.5. The standard InChI is InChI=1S/C44H51ClN8O6S/c1-44(2)13-11-33(39(24-44)30-3-6-34(45)7-4-30)29-51-16-18-52(19-17-51)35-8-5-32(42(22-35)59-36-21-31-12-14-47-43(31)49-27-36)25-50-60(56,57)38-9-10-40(41(23-38)53(54)55)48-28-37-26-46-15-20-58-37/h3-10,12,14,21-23,27,37,46,48,50H,11,13,15-20,24-26,28-29H2,1-2H3,(H,47,49). The Labute approximate surface area is 355 Å². The van der Waals surface area contributed by atoms with E-state index in [0.717, 1.165) is 86.3 Å². The van der Waals surface area contributed by atoms with Crippen LogP contribution in [0.3, 0.4) is 0 Å². The Bertz CT molecular complexity index is 2480. The van der Waals surface area contributed by atoms with Gasteiger partial charge in [0, 0.05) is 98.9 Å². The zero-order chi connectivity index (χ0) is 41.9. The summed E-state index contributed by atoms with van der Waals surface area (Å²) >= 11 is 6.25. The number of fused-ring (bicyclic) bond motifs is 1. The van der Waals surface area contributed by atoms with E-state index in [0.29, 0.717) is 36.8 Å². The maximum Gasteiger partial charge on any atom is 0.293 e. The Morgan fingerprint density at radius 3 is 2.63 bits per heavy atom. The van der Waals surface area contributed by atoms with Gasteiger partial charge in [-0.25, -0.2) is 18.1 Å². The molecule has 0 spiro atoms. The lowest BCUT2D eigenvalue weighted by molar-refractivity contribution is -0.384. The quantitative estimate of drug-likeness (QED) is 0.0643. The number of allylic oxidation sites excluding steroid dienone is 1. The van der Waals surface area contributed by atoms with Gasteiger partial charge in [-0.2, -0.15) is 0 Å². The molecule has 1 atom stereocenters. The Kier molecular flexibility index (Phi) is 12.4. The number of ether oxygens (including phenoxy) is 2. The van der Waals surface area contributed by atoms with Gasteiger partial charge in [-0.1, -0.05) is 49.2 Å². The number of halogens is 1. The number of sulfonamides is 1. The average Bonchev–Trinajstić information content (AvgIpc) is 3.72. The number of aromatic nitrogens is 2. The van der Waals surface area contributed by atoms with Gasteiger partial charge in [0.15, 0.2) is 0 Å². The van der Waals surface area contributed by atoms with Crippen molar-refractivity contribution in [3.63, 3.8) is 0 Å². The predicted octanol–water partition coefficient (Wildman–Crippen LogP) is 7.58. The van der Waals surface area contributed by atoms with Crippen molar-refractivity contribution in [2.75, 3.05) is 69.2 Å². The van der Waals surface area contributed by atoms with Crippen molar-refractivity contribution in [3.8, 4) is 11.5 Å². The van der Waals surface area contributed by atoms with Gasteiger partial charge in [-0.05, 0) is 78.3 Å². The third-order valence-corrected chi connectivity index (χ3v) is 13.3. The van der Waals surface area contributed by atoms with E-state index in [-0.39, 0.29) is 34.3 Å². The van der Waals surface area contributed by atoms with Crippen molar-refractivity contribution in [2.45, 2.75) is 50.7 Å². The third-order valence-electron chi connectivity index (χ3n) is 11.6. The molecule has 0 saturated carbocycles. The van der Waals surface area contributed by atoms with Gasteiger partial charge in [-0.3, -0.25) is 15.0 Å². The van der Waals surface area contributed by atoms with Gasteiger partial charge in [0.05, 0.1) is 28.7 Å². The van der Waals surface area contributed by atoms with Gasteiger partial charge in [0.1, 0.15) is 22.8 Å². The molecule has 14 nitrogen and oxygen atoms in total. The number of nitrogens with zero attached hydrogens (tertiary/aromatic N) is 4. The molecule has 0 amide bonds. The molecule has 3 aromatic carbocycles. The number of morpholine rings is 1. The number of pyridine rings is 1.